The number of amides is 1. The van der Waals surface area contributed by atoms with E-state index in [0.29, 0.717) is 22.6 Å². The molecule has 0 saturated carbocycles. The number of carbonyl (C=O) groups excluding carboxylic acids is 2. The van der Waals surface area contributed by atoms with Crippen molar-refractivity contribution in [1.29, 1.82) is 0 Å². The summed E-state index contributed by atoms with van der Waals surface area (Å²) >= 11 is 0. The quantitative estimate of drug-likeness (QED) is 0.318. The Bertz CT molecular complexity index is 1220. The van der Waals surface area contributed by atoms with E-state index in [-0.39, 0.29) is 11.3 Å². The largest absolute Gasteiger partial charge is 0.507 e. The van der Waals surface area contributed by atoms with Gasteiger partial charge in [-0.25, -0.2) is 0 Å². The first-order valence-corrected chi connectivity index (χ1v) is 11.2. The molecule has 1 N–H and O–H groups in total. The molecule has 7 nitrogen and oxygen atoms in total. The van der Waals surface area contributed by atoms with Crippen molar-refractivity contribution in [1.82, 2.24) is 4.98 Å². The van der Waals surface area contributed by atoms with E-state index >= 15 is 0 Å². The molecule has 0 radical (unpaired) electrons. The van der Waals surface area contributed by atoms with Crippen molar-refractivity contribution < 1.29 is 19.4 Å². The minimum Gasteiger partial charge on any atom is -0.507 e. The molecule has 3 aromatic rings. The molecule has 1 aromatic heterocycles. The van der Waals surface area contributed by atoms with Crippen LogP contribution < -0.4 is 14.5 Å². The average molecular weight is 458 g/mol. The number of Topliss-reactive ketones (excluding diaryl/α,β-unsaturated/α-hetero) is 1. The molecule has 4 rings (SSSR count). The van der Waals surface area contributed by atoms with Crippen molar-refractivity contribution >= 4 is 28.8 Å². The van der Waals surface area contributed by atoms with Crippen LogP contribution in [0.2, 0.25) is 0 Å². The molecule has 1 unspecified atom stereocenters. The van der Waals surface area contributed by atoms with Gasteiger partial charge in [0.25, 0.3) is 11.7 Å². The van der Waals surface area contributed by atoms with Gasteiger partial charge in [0.2, 0.25) is 0 Å². The summed E-state index contributed by atoms with van der Waals surface area (Å²) in [5.74, 6) is -1.09. The Labute approximate surface area is 198 Å². The van der Waals surface area contributed by atoms with Crippen molar-refractivity contribution in [3.8, 4) is 5.75 Å². The predicted molar refractivity (Wildman–Crippen MR) is 132 cm³/mol. The lowest BCUT2D eigenvalue weighted by atomic mass is 9.95. The number of ether oxygens (including phenoxy) is 1. The van der Waals surface area contributed by atoms with E-state index in [1.54, 1.807) is 37.4 Å². The van der Waals surface area contributed by atoms with E-state index < -0.39 is 17.7 Å². The minimum absolute atomic E-state index is 0.0253. The Morgan fingerprint density at radius 2 is 1.71 bits per heavy atom. The summed E-state index contributed by atoms with van der Waals surface area (Å²) in [5.41, 5.74) is 2.69. The molecular formula is C27H27N3O4. The van der Waals surface area contributed by atoms with Gasteiger partial charge in [-0.15, -0.1) is 0 Å². The van der Waals surface area contributed by atoms with E-state index in [1.807, 2.05) is 30.3 Å². The summed E-state index contributed by atoms with van der Waals surface area (Å²) < 4.78 is 5.38. The van der Waals surface area contributed by atoms with Gasteiger partial charge in [-0.05, 0) is 67.9 Å². The topological polar surface area (TPSA) is 83.0 Å². The molecule has 34 heavy (non-hydrogen) atoms. The number of anilines is 2. The molecule has 1 amide bonds. The number of aromatic nitrogens is 1. The number of rotatable bonds is 7. The fourth-order valence-electron chi connectivity index (χ4n) is 4.30. The van der Waals surface area contributed by atoms with E-state index in [0.717, 1.165) is 18.8 Å². The number of ketones is 1. The van der Waals surface area contributed by atoms with Gasteiger partial charge in [-0.3, -0.25) is 19.5 Å². The normalized spacial score (nSPS) is 17.1. The summed E-state index contributed by atoms with van der Waals surface area (Å²) in [7, 11) is 1.55. The summed E-state index contributed by atoms with van der Waals surface area (Å²) in [4.78, 5) is 34.2. The predicted octanol–water partition coefficient (Wildman–Crippen LogP) is 4.56. The van der Waals surface area contributed by atoms with Gasteiger partial charge in [-0.1, -0.05) is 12.1 Å². The van der Waals surface area contributed by atoms with Crippen LogP contribution in [0.4, 0.5) is 11.4 Å². The number of pyridine rings is 1. The van der Waals surface area contributed by atoms with Crippen LogP contribution >= 0.6 is 0 Å². The van der Waals surface area contributed by atoms with Crippen LogP contribution in [0.5, 0.6) is 5.75 Å². The van der Waals surface area contributed by atoms with E-state index in [4.69, 9.17) is 4.74 Å². The van der Waals surface area contributed by atoms with Gasteiger partial charge < -0.3 is 14.7 Å². The van der Waals surface area contributed by atoms with Gasteiger partial charge in [0.05, 0.1) is 18.7 Å². The van der Waals surface area contributed by atoms with Crippen LogP contribution in [0, 0.1) is 0 Å². The third-order valence-corrected chi connectivity index (χ3v) is 6.06. The van der Waals surface area contributed by atoms with Gasteiger partial charge in [0.1, 0.15) is 11.5 Å². The molecule has 0 spiro atoms. The average Bonchev–Trinajstić information content (AvgIpc) is 3.15. The number of hydrogen-bond donors (Lipinski definition) is 1. The molecular weight excluding hydrogens is 430 g/mol. The molecule has 1 atom stereocenters. The SMILES string of the molecule is CCN(CC)c1ccc(N2C(=O)C(=O)/C(=C(\O)c3ccncc3)C2c2cccc(OC)c2)cc1. The fraction of sp³-hybridized carbons (Fsp3) is 0.222. The van der Waals surface area contributed by atoms with Crippen LogP contribution in [0.3, 0.4) is 0 Å². The summed E-state index contributed by atoms with van der Waals surface area (Å²) in [6.07, 6.45) is 3.05. The smallest absolute Gasteiger partial charge is 0.300 e. The second kappa shape index (κ2) is 9.79. The Kier molecular flexibility index (Phi) is 6.63. The molecule has 1 aliphatic heterocycles. The number of carbonyl (C=O) groups is 2. The number of methoxy groups -OCH3 is 1. The van der Waals surface area contributed by atoms with E-state index in [9.17, 15) is 14.7 Å². The highest BCUT2D eigenvalue weighted by Crippen LogP contribution is 2.43. The highest BCUT2D eigenvalue weighted by molar-refractivity contribution is 6.51. The molecule has 0 aliphatic carbocycles. The van der Waals surface area contributed by atoms with Crippen molar-refractivity contribution in [2.24, 2.45) is 0 Å². The van der Waals surface area contributed by atoms with Crippen molar-refractivity contribution in [2.75, 3.05) is 30.0 Å². The lowest BCUT2D eigenvalue weighted by Crippen LogP contribution is -2.29. The van der Waals surface area contributed by atoms with Crippen LogP contribution in [-0.4, -0.2) is 42.0 Å². The molecule has 174 valence electrons. The minimum atomic E-state index is -0.817. The van der Waals surface area contributed by atoms with Crippen molar-refractivity contribution in [3.63, 3.8) is 0 Å². The lowest BCUT2D eigenvalue weighted by Gasteiger charge is -2.27. The van der Waals surface area contributed by atoms with Gasteiger partial charge in [0, 0.05) is 42.4 Å². The Balaban J connectivity index is 1.88. The van der Waals surface area contributed by atoms with Gasteiger partial charge in [0.15, 0.2) is 0 Å². The van der Waals surface area contributed by atoms with Crippen LogP contribution in [0.1, 0.15) is 31.0 Å². The first-order valence-electron chi connectivity index (χ1n) is 11.2. The number of aliphatic hydroxyl groups excluding tert-OH is 1. The highest BCUT2D eigenvalue weighted by atomic mass is 16.5. The van der Waals surface area contributed by atoms with Gasteiger partial charge in [-0.2, -0.15) is 0 Å². The number of hydrogen-bond acceptors (Lipinski definition) is 6. The second-order valence-corrected chi connectivity index (χ2v) is 7.87. The molecule has 1 fully saturated rings. The third kappa shape index (κ3) is 4.12. The standard InChI is InChI=1S/C27H27N3O4/c1-4-29(5-2)20-9-11-21(12-10-20)30-24(19-7-6-8-22(17-19)34-3)23(26(32)27(30)33)25(31)18-13-15-28-16-14-18/h6-17,24,31H,4-5H2,1-3H3/b25-23-. The zero-order valence-corrected chi connectivity index (χ0v) is 19.4. The maximum atomic E-state index is 13.3. The Morgan fingerprint density at radius 3 is 2.32 bits per heavy atom. The Morgan fingerprint density at radius 1 is 1.03 bits per heavy atom. The van der Waals surface area contributed by atoms with Crippen LogP contribution in [0.25, 0.3) is 5.76 Å². The summed E-state index contributed by atoms with van der Waals surface area (Å²) in [5, 5.41) is 11.1. The molecule has 0 bridgehead atoms. The lowest BCUT2D eigenvalue weighted by molar-refractivity contribution is -0.132. The zero-order chi connectivity index (χ0) is 24.2. The van der Waals surface area contributed by atoms with Gasteiger partial charge >= 0.3 is 0 Å². The summed E-state index contributed by atoms with van der Waals surface area (Å²) in [6.45, 7) is 5.88. The zero-order valence-electron chi connectivity index (χ0n) is 19.4. The first-order chi connectivity index (χ1) is 16.5. The van der Waals surface area contributed by atoms with Crippen LogP contribution in [-0.2, 0) is 9.59 Å². The molecule has 2 aromatic carbocycles. The Hall–Kier alpha value is -4.13. The van der Waals surface area contributed by atoms with E-state index in [2.05, 4.69) is 23.7 Å². The summed E-state index contributed by atoms with van der Waals surface area (Å²) in [6, 6.07) is 17.1. The molecule has 2 heterocycles. The first kappa shape index (κ1) is 23.0. The maximum Gasteiger partial charge on any atom is 0.300 e. The third-order valence-electron chi connectivity index (χ3n) is 6.06. The number of nitrogens with zero attached hydrogens (tertiary/aromatic N) is 3. The van der Waals surface area contributed by atoms with Crippen molar-refractivity contribution in [3.05, 3.63) is 89.8 Å². The second-order valence-electron chi connectivity index (χ2n) is 7.87. The highest BCUT2D eigenvalue weighted by Gasteiger charge is 2.47. The van der Waals surface area contributed by atoms with Crippen molar-refractivity contribution in [2.45, 2.75) is 19.9 Å². The molecule has 7 heteroatoms. The molecule has 1 saturated heterocycles. The number of aliphatic hydroxyl groups is 1. The van der Waals surface area contributed by atoms with Crippen LogP contribution in [0.15, 0.2) is 78.6 Å². The molecule has 1 aliphatic rings. The fourth-order valence-corrected chi connectivity index (χ4v) is 4.30. The van der Waals surface area contributed by atoms with E-state index in [1.165, 1.54) is 17.3 Å². The maximum absolute atomic E-state index is 13.3. The monoisotopic (exact) mass is 457 g/mol. The number of benzene rings is 2.